The molecule has 0 radical (unpaired) electrons. The molecule has 0 unspecified atom stereocenters. The van der Waals surface area contributed by atoms with E-state index in [9.17, 15) is 4.79 Å². The second-order valence-electron chi connectivity index (χ2n) is 7.12. The first kappa shape index (κ1) is 23.0. The van der Waals surface area contributed by atoms with Gasteiger partial charge in [-0.3, -0.25) is 0 Å². The lowest BCUT2D eigenvalue weighted by Gasteiger charge is -2.21. The van der Waals surface area contributed by atoms with Crippen molar-refractivity contribution in [1.82, 2.24) is 5.32 Å². The van der Waals surface area contributed by atoms with Gasteiger partial charge in [0.05, 0.1) is 12.2 Å². The minimum absolute atomic E-state index is 0.252. The van der Waals surface area contributed by atoms with Gasteiger partial charge in [-0.1, -0.05) is 32.1 Å². The Labute approximate surface area is 159 Å². The molecule has 0 spiro atoms. The molecule has 5 heteroatoms. The number of hydrogen-bond donors (Lipinski definition) is 1. The van der Waals surface area contributed by atoms with Gasteiger partial charge in [0.2, 0.25) is 0 Å². The molecule has 0 atom stereocenters. The van der Waals surface area contributed by atoms with Crippen LogP contribution in [0.5, 0.6) is 0 Å². The van der Waals surface area contributed by atoms with E-state index < -0.39 is 0 Å². The summed E-state index contributed by atoms with van der Waals surface area (Å²) in [6.07, 6.45) is 11.0. The van der Waals surface area contributed by atoms with Gasteiger partial charge in [-0.25, -0.2) is 4.79 Å². The van der Waals surface area contributed by atoms with Crippen molar-refractivity contribution < 1.29 is 19.0 Å². The van der Waals surface area contributed by atoms with Crippen LogP contribution in [0.2, 0.25) is 0 Å². The first-order valence-corrected chi connectivity index (χ1v) is 10.4. The van der Waals surface area contributed by atoms with E-state index in [-0.39, 0.29) is 12.6 Å². The molecule has 152 valence electrons. The molecule has 0 saturated heterocycles. The number of nitrogens with one attached hydrogen (secondary N) is 1. The van der Waals surface area contributed by atoms with Crippen molar-refractivity contribution in [2.75, 3.05) is 40.1 Å². The highest BCUT2D eigenvalue weighted by Gasteiger charge is 2.15. The topological polar surface area (TPSA) is 56.8 Å². The van der Waals surface area contributed by atoms with Gasteiger partial charge in [-0.2, -0.15) is 0 Å². The molecule has 0 heterocycles. The van der Waals surface area contributed by atoms with Gasteiger partial charge in [-0.05, 0) is 45.4 Å². The van der Waals surface area contributed by atoms with Gasteiger partial charge in [0.1, 0.15) is 6.61 Å². The van der Waals surface area contributed by atoms with E-state index in [0.29, 0.717) is 25.2 Å². The summed E-state index contributed by atoms with van der Waals surface area (Å²) in [5.74, 6) is 0.671. The molecule has 1 rings (SSSR count). The molecule has 5 nitrogen and oxygen atoms in total. The van der Waals surface area contributed by atoms with E-state index in [4.69, 9.17) is 14.2 Å². The average Bonchev–Trinajstić information content (AvgIpc) is 2.65. The maximum atomic E-state index is 12.3. The van der Waals surface area contributed by atoms with E-state index in [0.717, 1.165) is 37.6 Å². The first-order valence-electron chi connectivity index (χ1n) is 10.4. The third-order valence-electron chi connectivity index (χ3n) is 5.00. The quantitative estimate of drug-likeness (QED) is 0.282. The van der Waals surface area contributed by atoms with Crippen molar-refractivity contribution in [3.8, 4) is 0 Å². The van der Waals surface area contributed by atoms with Crippen LogP contribution >= 0.6 is 0 Å². The van der Waals surface area contributed by atoms with Crippen molar-refractivity contribution in [1.29, 1.82) is 0 Å². The van der Waals surface area contributed by atoms with Crippen LogP contribution in [-0.2, 0) is 19.0 Å². The number of esters is 1. The average molecular weight is 370 g/mol. The summed E-state index contributed by atoms with van der Waals surface area (Å²) in [4.78, 5) is 12.3. The fourth-order valence-corrected chi connectivity index (χ4v) is 3.52. The number of carbonyl (C=O) groups excluding carboxylic acids is 1. The van der Waals surface area contributed by atoms with Gasteiger partial charge in [0.15, 0.2) is 0 Å². The minimum Gasteiger partial charge on any atom is -0.460 e. The van der Waals surface area contributed by atoms with Gasteiger partial charge in [0.25, 0.3) is 0 Å². The highest BCUT2D eigenvalue weighted by atomic mass is 16.6. The predicted molar refractivity (Wildman–Crippen MR) is 105 cm³/mol. The van der Waals surface area contributed by atoms with Crippen LogP contribution in [0.3, 0.4) is 0 Å². The monoisotopic (exact) mass is 369 g/mol. The normalized spacial score (nSPS) is 16.3. The van der Waals surface area contributed by atoms with Crippen LogP contribution in [0.1, 0.15) is 71.6 Å². The third-order valence-corrected chi connectivity index (χ3v) is 5.00. The molecule has 0 aliphatic heterocycles. The van der Waals surface area contributed by atoms with Crippen LogP contribution in [0.25, 0.3) is 0 Å². The summed E-state index contributed by atoms with van der Waals surface area (Å²) >= 11 is 0. The molecule has 0 aromatic carbocycles. The summed E-state index contributed by atoms with van der Waals surface area (Å²) in [5, 5.41) is 3.22. The molecule has 26 heavy (non-hydrogen) atoms. The van der Waals surface area contributed by atoms with Crippen molar-refractivity contribution in [2.45, 2.75) is 71.6 Å². The van der Waals surface area contributed by atoms with Gasteiger partial charge in [0, 0.05) is 32.6 Å². The zero-order chi connectivity index (χ0) is 19.0. The Bertz CT molecular complexity index is 403. The minimum atomic E-state index is -0.252. The number of carbonyl (C=O) groups is 1. The lowest BCUT2D eigenvalue weighted by atomic mass is 9.86. The molecule has 0 aromatic heterocycles. The smallest absolute Gasteiger partial charge is 0.335 e. The van der Waals surface area contributed by atoms with Gasteiger partial charge < -0.3 is 19.5 Å². The molecular weight excluding hydrogens is 330 g/mol. The SMILES string of the molecule is CCN/C(C)=C(\CCCOCCCC1CCCCC1)C(=O)OCCOC. The summed E-state index contributed by atoms with van der Waals surface area (Å²) in [7, 11) is 1.60. The van der Waals surface area contributed by atoms with Crippen molar-refractivity contribution in [2.24, 2.45) is 5.92 Å². The molecule has 0 amide bonds. The number of allylic oxidation sites excluding steroid dienone is 1. The fraction of sp³-hybridized carbons (Fsp3) is 0.857. The molecule has 0 bridgehead atoms. The Balaban J connectivity index is 2.21. The van der Waals surface area contributed by atoms with Gasteiger partial charge >= 0.3 is 5.97 Å². The fourth-order valence-electron chi connectivity index (χ4n) is 3.52. The van der Waals surface area contributed by atoms with E-state index in [2.05, 4.69) is 5.32 Å². The third kappa shape index (κ3) is 10.2. The summed E-state index contributed by atoms with van der Waals surface area (Å²) in [6.45, 7) is 6.98. The maximum Gasteiger partial charge on any atom is 0.335 e. The van der Waals surface area contributed by atoms with E-state index in [1.165, 1.54) is 38.5 Å². The molecule has 1 N–H and O–H groups in total. The maximum absolute atomic E-state index is 12.3. The Hall–Kier alpha value is -1.07. The number of rotatable bonds is 14. The zero-order valence-corrected chi connectivity index (χ0v) is 17.1. The number of methoxy groups -OCH3 is 1. The Morgan fingerprint density at radius 3 is 2.46 bits per heavy atom. The Morgan fingerprint density at radius 2 is 1.77 bits per heavy atom. The Morgan fingerprint density at radius 1 is 1.04 bits per heavy atom. The largest absolute Gasteiger partial charge is 0.460 e. The van der Waals surface area contributed by atoms with E-state index in [1.54, 1.807) is 7.11 Å². The second kappa shape index (κ2) is 15.0. The van der Waals surface area contributed by atoms with Crippen molar-refractivity contribution >= 4 is 5.97 Å². The number of ether oxygens (including phenoxy) is 3. The highest BCUT2D eigenvalue weighted by Crippen LogP contribution is 2.27. The summed E-state index contributed by atoms with van der Waals surface area (Å²) < 4.78 is 16.0. The first-order chi connectivity index (χ1) is 12.7. The van der Waals surface area contributed by atoms with Crippen LogP contribution in [-0.4, -0.2) is 46.1 Å². The summed E-state index contributed by atoms with van der Waals surface area (Å²) in [5.41, 5.74) is 1.61. The van der Waals surface area contributed by atoms with Gasteiger partial charge in [-0.15, -0.1) is 0 Å². The molecule has 1 aliphatic rings. The summed E-state index contributed by atoms with van der Waals surface area (Å²) in [6, 6.07) is 0. The highest BCUT2D eigenvalue weighted by molar-refractivity contribution is 5.89. The van der Waals surface area contributed by atoms with Crippen LogP contribution in [0.15, 0.2) is 11.3 Å². The second-order valence-corrected chi connectivity index (χ2v) is 7.12. The van der Waals surface area contributed by atoms with E-state index >= 15 is 0 Å². The predicted octanol–water partition coefficient (Wildman–Crippen LogP) is 4.22. The van der Waals surface area contributed by atoms with Crippen LogP contribution in [0.4, 0.5) is 0 Å². The van der Waals surface area contributed by atoms with Crippen molar-refractivity contribution in [3.63, 3.8) is 0 Å². The van der Waals surface area contributed by atoms with Crippen LogP contribution in [0, 0.1) is 5.92 Å². The molecule has 1 aliphatic carbocycles. The standard InChI is InChI=1S/C21H39NO4/c1-4-22-18(2)20(21(23)26-17-16-24-3)13-9-15-25-14-8-12-19-10-6-5-7-11-19/h19,22H,4-17H2,1-3H3/b20-18+. The van der Waals surface area contributed by atoms with Crippen LogP contribution < -0.4 is 5.32 Å². The molecule has 1 saturated carbocycles. The number of hydrogen-bond acceptors (Lipinski definition) is 5. The zero-order valence-electron chi connectivity index (χ0n) is 17.1. The van der Waals surface area contributed by atoms with Crippen molar-refractivity contribution in [3.05, 3.63) is 11.3 Å². The lowest BCUT2D eigenvalue weighted by Crippen LogP contribution is -2.19. The molecule has 0 aromatic rings. The van der Waals surface area contributed by atoms with E-state index in [1.807, 2.05) is 13.8 Å². The Kier molecular flexibility index (Phi) is 13.3. The molecule has 1 fully saturated rings. The lowest BCUT2D eigenvalue weighted by molar-refractivity contribution is -0.140. The molecular formula is C21H39NO4.